The number of rotatable bonds is 5. The summed E-state index contributed by atoms with van der Waals surface area (Å²) in [6.45, 7) is 2.07. The van der Waals surface area contributed by atoms with Crippen LogP contribution in [0.4, 0.5) is 8.78 Å². The molecular weight excluding hydrogens is 256 g/mol. The first-order chi connectivity index (χ1) is 9.60. The summed E-state index contributed by atoms with van der Waals surface area (Å²) in [5, 5.41) is 3.13. The number of halogens is 2. The van der Waals surface area contributed by atoms with Gasteiger partial charge in [0, 0.05) is 12.1 Å². The Bertz CT molecular complexity index is 561. The van der Waals surface area contributed by atoms with Gasteiger partial charge in [-0.25, -0.2) is 8.78 Å². The Balaban J connectivity index is 2.11. The van der Waals surface area contributed by atoms with Gasteiger partial charge in [-0.1, -0.05) is 24.3 Å². The Labute approximate surface area is 118 Å². The molecule has 0 saturated carbocycles. The maximum Gasteiger partial charge on any atom is 0.126 e. The van der Waals surface area contributed by atoms with Gasteiger partial charge >= 0.3 is 0 Å². The van der Waals surface area contributed by atoms with Crippen LogP contribution >= 0.6 is 0 Å². The molecule has 20 heavy (non-hydrogen) atoms. The molecule has 1 N–H and O–H groups in total. The highest BCUT2D eigenvalue weighted by atomic mass is 19.1. The molecule has 0 spiro atoms. The van der Waals surface area contributed by atoms with Crippen LogP contribution in [0.5, 0.6) is 0 Å². The summed E-state index contributed by atoms with van der Waals surface area (Å²) in [6.07, 6.45) is 1.67. The van der Waals surface area contributed by atoms with Crippen molar-refractivity contribution in [2.24, 2.45) is 0 Å². The minimum absolute atomic E-state index is 0.0557. The molecule has 0 radical (unpaired) electrons. The molecule has 2 aromatic rings. The smallest absolute Gasteiger partial charge is 0.126 e. The third-order valence-corrected chi connectivity index (χ3v) is 3.60. The molecule has 0 heterocycles. The molecular formula is C17H19F2N. The van der Waals surface area contributed by atoms with E-state index in [1.54, 1.807) is 0 Å². The van der Waals surface area contributed by atoms with E-state index in [4.69, 9.17) is 0 Å². The SMILES string of the molecule is CNC(CCc1ccccc1C)c1cc(F)cc(F)c1. The molecule has 106 valence electrons. The Morgan fingerprint density at radius 2 is 1.70 bits per heavy atom. The average molecular weight is 275 g/mol. The second-order valence-electron chi connectivity index (χ2n) is 5.01. The summed E-state index contributed by atoms with van der Waals surface area (Å²) < 4.78 is 26.6. The van der Waals surface area contributed by atoms with Crippen molar-refractivity contribution in [3.05, 3.63) is 70.8 Å². The lowest BCUT2D eigenvalue weighted by atomic mass is 9.97. The Morgan fingerprint density at radius 3 is 2.30 bits per heavy atom. The predicted molar refractivity (Wildman–Crippen MR) is 77.7 cm³/mol. The van der Waals surface area contributed by atoms with Crippen LogP contribution in [-0.4, -0.2) is 7.05 Å². The summed E-state index contributed by atoms with van der Waals surface area (Å²) >= 11 is 0. The highest BCUT2D eigenvalue weighted by Gasteiger charge is 2.12. The van der Waals surface area contributed by atoms with Gasteiger partial charge in [0.1, 0.15) is 11.6 Å². The first-order valence-corrected chi connectivity index (χ1v) is 6.78. The maximum absolute atomic E-state index is 13.3. The topological polar surface area (TPSA) is 12.0 Å². The van der Waals surface area contributed by atoms with E-state index in [1.165, 1.54) is 23.3 Å². The molecule has 0 aromatic heterocycles. The second-order valence-corrected chi connectivity index (χ2v) is 5.01. The van der Waals surface area contributed by atoms with Gasteiger partial charge in [-0.3, -0.25) is 0 Å². The van der Waals surface area contributed by atoms with Crippen LogP contribution in [-0.2, 0) is 6.42 Å². The summed E-state index contributed by atoms with van der Waals surface area (Å²) in [5.74, 6) is -1.06. The summed E-state index contributed by atoms with van der Waals surface area (Å²) in [5.41, 5.74) is 3.16. The first kappa shape index (κ1) is 14.7. The van der Waals surface area contributed by atoms with Crippen molar-refractivity contribution in [3.63, 3.8) is 0 Å². The van der Waals surface area contributed by atoms with Gasteiger partial charge in [0.05, 0.1) is 0 Å². The Morgan fingerprint density at radius 1 is 1.05 bits per heavy atom. The third kappa shape index (κ3) is 3.64. The van der Waals surface area contributed by atoms with Crippen LogP contribution in [0.3, 0.4) is 0 Å². The standard InChI is InChI=1S/C17H19F2N/c1-12-5-3-4-6-13(12)7-8-17(20-2)14-9-15(18)11-16(19)10-14/h3-6,9-11,17,20H,7-8H2,1-2H3. The zero-order chi connectivity index (χ0) is 14.5. The minimum Gasteiger partial charge on any atom is -0.313 e. The normalized spacial score (nSPS) is 12.4. The molecule has 3 heteroatoms. The van der Waals surface area contributed by atoms with Crippen molar-refractivity contribution in [1.29, 1.82) is 0 Å². The molecule has 0 aliphatic rings. The quantitative estimate of drug-likeness (QED) is 0.863. The average Bonchev–Trinajstić information content (AvgIpc) is 2.40. The molecule has 1 unspecified atom stereocenters. The monoisotopic (exact) mass is 275 g/mol. The Kier molecular flexibility index (Phi) is 4.85. The lowest BCUT2D eigenvalue weighted by Gasteiger charge is -2.17. The van der Waals surface area contributed by atoms with Crippen LogP contribution in [0.15, 0.2) is 42.5 Å². The van der Waals surface area contributed by atoms with Crippen molar-refractivity contribution in [2.75, 3.05) is 7.05 Å². The minimum atomic E-state index is -0.531. The number of benzene rings is 2. The van der Waals surface area contributed by atoms with E-state index in [0.29, 0.717) is 5.56 Å². The first-order valence-electron chi connectivity index (χ1n) is 6.78. The van der Waals surface area contributed by atoms with Gasteiger partial charge in [0.25, 0.3) is 0 Å². The largest absolute Gasteiger partial charge is 0.313 e. The van der Waals surface area contributed by atoms with E-state index >= 15 is 0 Å². The van der Waals surface area contributed by atoms with Gasteiger partial charge in [-0.05, 0) is 55.6 Å². The molecule has 0 fully saturated rings. The Hall–Kier alpha value is -1.74. The fourth-order valence-electron chi connectivity index (χ4n) is 2.44. The van der Waals surface area contributed by atoms with E-state index in [9.17, 15) is 8.78 Å². The molecule has 0 amide bonds. The second kappa shape index (κ2) is 6.62. The van der Waals surface area contributed by atoms with E-state index in [0.717, 1.165) is 18.9 Å². The van der Waals surface area contributed by atoms with Crippen LogP contribution in [0.2, 0.25) is 0 Å². The molecule has 2 rings (SSSR count). The van der Waals surface area contributed by atoms with Gasteiger partial charge in [0.15, 0.2) is 0 Å². The highest BCUT2D eigenvalue weighted by Crippen LogP contribution is 2.22. The molecule has 0 aliphatic heterocycles. The molecule has 1 atom stereocenters. The van der Waals surface area contributed by atoms with Crippen LogP contribution in [0, 0.1) is 18.6 Å². The summed E-state index contributed by atoms with van der Waals surface area (Å²) in [4.78, 5) is 0. The summed E-state index contributed by atoms with van der Waals surface area (Å²) in [7, 11) is 1.81. The van der Waals surface area contributed by atoms with Crippen molar-refractivity contribution in [3.8, 4) is 0 Å². The highest BCUT2D eigenvalue weighted by molar-refractivity contribution is 5.27. The van der Waals surface area contributed by atoms with Crippen molar-refractivity contribution < 1.29 is 8.78 Å². The van der Waals surface area contributed by atoms with E-state index in [-0.39, 0.29) is 6.04 Å². The van der Waals surface area contributed by atoms with Gasteiger partial charge in [-0.15, -0.1) is 0 Å². The van der Waals surface area contributed by atoms with Crippen molar-refractivity contribution >= 4 is 0 Å². The fraction of sp³-hybridized carbons (Fsp3) is 0.294. The fourth-order valence-corrected chi connectivity index (χ4v) is 2.44. The lowest BCUT2D eigenvalue weighted by Crippen LogP contribution is -2.17. The number of hydrogen-bond acceptors (Lipinski definition) is 1. The molecule has 0 aliphatic carbocycles. The van der Waals surface area contributed by atoms with Gasteiger partial charge in [-0.2, -0.15) is 0 Å². The third-order valence-electron chi connectivity index (χ3n) is 3.60. The molecule has 1 nitrogen and oxygen atoms in total. The van der Waals surface area contributed by atoms with Crippen molar-refractivity contribution in [1.82, 2.24) is 5.32 Å². The number of nitrogens with one attached hydrogen (secondary N) is 1. The van der Waals surface area contributed by atoms with Gasteiger partial charge < -0.3 is 5.32 Å². The molecule has 2 aromatic carbocycles. The van der Waals surface area contributed by atoms with Crippen LogP contribution < -0.4 is 5.32 Å². The predicted octanol–water partition coefficient (Wildman–Crippen LogP) is 4.17. The van der Waals surface area contributed by atoms with Gasteiger partial charge in [0.2, 0.25) is 0 Å². The molecule has 0 bridgehead atoms. The van der Waals surface area contributed by atoms with Crippen LogP contribution in [0.25, 0.3) is 0 Å². The zero-order valence-corrected chi connectivity index (χ0v) is 11.8. The van der Waals surface area contributed by atoms with E-state index < -0.39 is 11.6 Å². The molecule has 0 saturated heterocycles. The lowest BCUT2D eigenvalue weighted by molar-refractivity contribution is 0.528. The van der Waals surface area contributed by atoms with E-state index in [1.807, 2.05) is 19.2 Å². The van der Waals surface area contributed by atoms with E-state index in [2.05, 4.69) is 24.4 Å². The summed E-state index contributed by atoms with van der Waals surface area (Å²) in [6, 6.07) is 11.8. The maximum atomic E-state index is 13.3. The number of aryl methyl sites for hydroxylation is 2. The van der Waals surface area contributed by atoms with Crippen LogP contribution in [0.1, 0.15) is 29.2 Å². The van der Waals surface area contributed by atoms with Crippen molar-refractivity contribution in [2.45, 2.75) is 25.8 Å². The number of hydrogen-bond donors (Lipinski definition) is 1. The zero-order valence-electron chi connectivity index (χ0n) is 11.8.